The van der Waals surface area contributed by atoms with E-state index in [1.807, 2.05) is 6.08 Å². The highest BCUT2D eigenvalue weighted by molar-refractivity contribution is 5.23. The van der Waals surface area contributed by atoms with Crippen LogP contribution < -0.4 is 5.32 Å². The summed E-state index contributed by atoms with van der Waals surface area (Å²) in [6, 6.07) is 0. The van der Waals surface area contributed by atoms with Gasteiger partial charge in [0.1, 0.15) is 5.83 Å². The van der Waals surface area contributed by atoms with Crippen molar-refractivity contribution in [1.29, 1.82) is 0 Å². The zero-order chi connectivity index (χ0) is 9.03. The molecule has 68 valence electrons. The molecule has 0 amide bonds. The summed E-state index contributed by atoms with van der Waals surface area (Å²) >= 11 is 0. The molecule has 0 bridgehead atoms. The normalized spacial score (nSPS) is 28.8. The van der Waals surface area contributed by atoms with E-state index in [0.717, 1.165) is 19.4 Å². The third kappa shape index (κ3) is 2.45. The van der Waals surface area contributed by atoms with Gasteiger partial charge in [0.15, 0.2) is 0 Å². The second-order valence-corrected chi connectivity index (χ2v) is 3.47. The summed E-state index contributed by atoms with van der Waals surface area (Å²) in [6.07, 6.45) is 6.91. The molecule has 12 heavy (non-hydrogen) atoms. The fourth-order valence-electron chi connectivity index (χ4n) is 1.25. The second kappa shape index (κ2) is 3.85. The summed E-state index contributed by atoms with van der Waals surface area (Å²) in [5, 5.41) is 3.37. The van der Waals surface area contributed by atoms with E-state index in [0.29, 0.717) is 0 Å². The van der Waals surface area contributed by atoms with Crippen molar-refractivity contribution in [1.82, 2.24) is 5.32 Å². The van der Waals surface area contributed by atoms with Gasteiger partial charge in [0.2, 0.25) is 0 Å². The molecule has 1 aliphatic rings. The molecule has 2 heteroatoms. The van der Waals surface area contributed by atoms with Crippen molar-refractivity contribution in [2.45, 2.75) is 32.2 Å². The van der Waals surface area contributed by atoms with Crippen LogP contribution in [0.1, 0.15) is 26.7 Å². The molecule has 0 radical (unpaired) electrons. The van der Waals surface area contributed by atoms with Gasteiger partial charge < -0.3 is 5.32 Å². The molecular weight excluding hydrogens is 153 g/mol. The molecule has 0 aromatic carbocycles. The monoisotopic (exact) mass is 169 g/mol. The van der Waals surface area contributed by atoms with Crippen molar-refractivity contribution in [3.63, 3.8) is 0 Å². The number of halogens is 1. The number of rotatable bonds is 3. The van der Waals surface area contributed by atoms with Gasteiger partial charge in [0.25, 0.3) is 0 Å². The van der Waals surface area contributed by atoms with E-state index in [1.165, 1.54) is 6.08 Å². The van der Waals surface area contributed by atoms with Crippen LogP contribution in [0.2, 0.25) is 0 Å². The predicted molar refractivity (Wildman–Crippen MR) is 49.6 cm³/mol. The van der Waals surface area contributed by atoms with Gasteiger partial charge in [-0.25, -0.2) is 4.39 Å². The Balaban J connectivity index is 2.47. The van der Waals surface area contributed by atoms with Gasteiger partial charge in [-0.2, -0.15) is 0 Å². The summed E-state index contributed by atoms with van der Waals surface area (Å²) in [7, 11) is 0. The van der Waals surface area contributed by atoms with Gasteiger partial charge in [-0.1, -0.05) is 13.0 Å². The molecule has 1 N–H and O–H groups in total. The lowest BCUT2D eigenvalue weighted by Gasteiger charge is -2.28. The van der Waals surface area contributed by atoms with E-state index >= 15 is 0 Å². The Morgan fingerprint density at radius 3 is 2.92 bits per heavy atom. The maximum Gasteiger partial charge on any atom is 0.119 e. The highest BCUT2D eigenvalue weighted by atomic mass is 19.1. The first-order valence-corrected chi connectivity index (χ1v) is 4.46. The molecule has 1 rings (SSSR count). The Labute approximate surface area is 73.4 Å². The van der Waals surface area contributed by atoms with E-state index in [1.54, 1.807) is 6.08 Å². The number of allylic oxidation sites excluding steroid dienone is 2. The SMILES string of the molecule is CCCNC1(C)C=CC(F)=CC1. The van der Waals surface area contributed by atoms with Gasteiger partial charge in [0.05, 0.1) is 0 Å². The zero-order valence-electron chi connectivity index (χ0n) is 7.73. The van der Waals surface area contributed by atoms with Crippen LogP contribution in [-0.4, -0.2) is 12.1 Å². The molecule has 1 nitrogen and oxygen atoms in total. The van der Waals surface area contributed by atoms with Crippen LogP contribution in [0, 0.1) is 0 Å². The van der Waals surface area contributed by atoms with Gasteiger partial charge in [-0.05, 0) is 38.5 Å². The van der Waals surface area contributed by atoms with Crippen molar-refractivity contribution in [3.05, 3.63) is 24.1 Å². The fourth-order valence-corrected chi connectivity index (χ4v) is 1.25. The predicted octanol–water partition coefficient (Wildman–Crippen LogP) is 2.56. The first kappa shape index (κ1) is 9.46. The summed E-state index contributed by atoms with van der Waals surface area (Å²) < 4.78 is 12.6. The first-order valence-electron chi connectivity index (χ1n) is 4.46. The Morgan fingerprint density at radius 1 is 1.67 bits per heavy atom. The van der Waals surface area contributed by atoms with Crippen LogP contribution in [0.15, 0.2) is 24.1 Å². The Hall–Kier alpha value is -0.630. The lowest BCUT2D eigenvalue weighted by molar-refractivity contribution is 0.430. The topological polar surface area (TPSA) is 12.0 Å². The van der Waals surface area contributed by atoms with Crippen molar-refractivity contribution in [2.75, 3.05) is 6.54 Å². The Bertz CT molecular complexity index is 208. The van der Waals surface area contributed by atoms with Gasteiger partial charge in [-0.3, -0.25) is 0 Å². The van der Waals surface area contributed by atoms with E-state index in [-0.39, 0.29) is 11.4 Å². The molecule has 0 aromatic rings. The maximum absolute atomic E-state index is 12.6. The molecule has 0 spiro atoms. The highest BCUT2D eigenvalue weighted by Gasteiger charge is 2.20. The Morgan fingerprint density at radius 2 is 2.42 bits per heavy atom. The summed E-state index contributed by atoms with van der Waals surface area (Å²) in [5.74, 6) is -0.120. The highest BCUT2D eigenvalue weighted by Crippen LogP contribution is 2.20. The van der Waals surface area contributed by atoms with Crippen molar-refractivity contribution in [2.24, 2.45) is 0 Å². The summed E-state index contributed by atoms with van der Waals surface area (Å²) in [6.45, 7) is 5.19. The van der Waals surface area contributed by atoms with Gasteiger partial charge >= 0.3 is 0 Å². The van der Waals surface area contributed by atoms with Crippen LogP contribution >= 0.6 is 0 Å². The molecule has 1 unspecified atom stereocenters. The molecule has 1 atom stereocenters. The molecule has 0 heterocycles. The van der Waals surface area contributed by atoms with Crippen molar-refractivity contribution in [3.8, 4) is 0 Å². The van der Waals surface area contributed by atoms with Gasteiger partial charge in [-0.15, -0.1) is 0 Å². The standard InChI is InChI=1S/C10H16FN/c1-3-8-12-10(2)6-4-9(11)5-7-10/h4-6,12H,3,7-8H2,1-2H3. The van der Waals surface area contributed by atoms with E-state index in [4.69, 9.17) is 0 Å². The lowest BCUT2D eigenvalue weighted by Crippen LogP contribution is -2.41. The van der Waals surface area contributed by atoms with Gasteiger partial charge in [0, 0.05) is 5.54 Å². The minimum Gasteiger partial charge on any atom is -0.308 e. The van der Waals surface area contributed by atoms with Crippen molar-refractivity contribution >= 4 is 0 Å². The number of nitrogens with one attached hydrogen (secondary N) is 1. The molecular formula is C10H16FN. The number of hydrogen-bond acceptors (Lipinski definition) is 1. The Kier molecular flexibility index (Phi) is 3.04. The first-order chi connectivity index (χ1) is 5.66. The smallest absolute Gasteiger partial charge is 0.119 e. The second-order valence-electron chi connectivity index (χ2n) is 3.47. The van der Waals surface area contributed by atoms with E-state index in [2.05, 4.69) is 19.2 Å². The van der Waals surface area contributed by atoms with Crippen LogP contribution in [0.25, 0.3) is 0 Å². The van der Waals surface area contributed by atoms with Crippen LogP contribution in [-0.2, 0) is 0 Å². The molecule has 0 saturated carbocycles. The molecule has 0 aliphatic heterocycles. The molecule has 1 aliphatic carbocycles. The largest absolute Gasteiger partial charge is 0.308 e. The van der Waals surface area contributed by atoms with Crippen LogP contribution in [0.5, 0.6) is 0 Å². The fraction of sp³-hybridized carbons (Fsp3) is 0.600. The lowest BCUT2D eigenvalue weighted by atomic mass is 9.93. The van der Waals surface area contributed by atoms with E-state index in [9.17, 15) is 4.39 Å². The molecule has 0 aromatic heterocycles. The third-order valence-corrected chi connectivity index (χ3v) is 2.11. The number of hydrogen-bond donors (Lipinski definition) is 1. The summed E-state index contributed by atoms with van der Waals surface area (Å²) in [5.41, 5.74) is -0.0361. The zero-order valence-corrected chi connectivity index (χ0v) is 7.73. The minimum atomic E-state index is -0.120. The maximum atomic E-state index is 12.6. The molecule has 0 saturated heterocycles. The van der Waals surface area contributed by atoms with Crippen LogP contribution in [0.4, 0.5) is 4.39 Å². The quantitative estimate of drug-likeness (QED) is 0.684. The molecule has 0 fully saturated rings. The van der Waals surface area contributed by atoms with Crippen LogP contribution in [0.3, 0.4) is 0 Å². The minimum absolute atomic E-state index is 0.0361. The third-order valence-electron chi connectivity index (χ3n) is 2.11. The summed E-state index contributed by atoms with van der Waals surface area (Å²) in [4.78, 5) is 0. The van der Waals surface area contributed by atoms with E-state index < -0.39 is 0 Å². The van der Waals surface area contributed by atoms with Crippen molar-refractivity contribution < 1.29 is 4.39 Å². The average molecular weight is 169 g/mol. The average Bonchev–Trinajstić information content (AvgIpc) is 2.08.